The van der Waals surface area contributed by atoms with Crippen LogP contribution in [0.2, 0.25) is 0 Å². The molecule has 2 heterocycles. The molecule has 0 unspecified atom stereocenters. The van der Waals surface area contributed by atoms with Gasteiger partial charge in [0.05, 0.1) is 5.39 Å². The van der Waals surface area contributed by atoms with Gasteiger partial charge in [-0.15, -0.1) is 11.3 Å². The zero-order valence-electron chi connectivity index (χ0n) is 15.9. The number of nitrogens with zero attached hydrogens (tertiary/aromatic N) is 1. The Hall–Kier alpha value is -2.13. The first-order valence-corrected chi connectivity index (χ1v) is 9.44. The first-order valence-electron chi connectivity index (χ1n) is 8.63. The van der Waals surface area contributed by atoms with E-state index < -0.39 is 0 Å². The third-order valence-corrected chi connectivity index (χ3v) is 6.00. The van der Waals surface area contributed by atoms with Gasteiger partial charge in [0.15, 0.2) is 5.43 Å². The SMILES string of the molecule is CC(C)=Cc1c(C)n(Cc2ccc(C)cc2)c2sc(C)c(C)c2c1=O. The van der Waals surface area contributed by atoms with Crippen molar-refractivity contribution in [3.8, 4) is 0 Å². The maximum absolute atomic E-state index is 13.1. The predicted octanol–water partition coefficient (Wildman–Crippen LogP) is 5.77. The lowest BCUT2D eigenvalue weighted by Crippen LogP contribution is -2.16. The summed E-state index contributed by atoms with van der Waals surface area (Å²) in [5.74, 6) is 0. The molecule has 0 fully saturated rings. The summed E-state index contributed by atoms with van der Waals surface area (Å²) in [6.07, 6.45) is 2.02. The monoisotopic (exact) mass is 351 g/mol. The van der Waals surface area contributed by atoms with E-state index in [2.05, 4.69) is 56.5 Å². The second-order valence-electron chi connectivity index (χ2n) is 7.09. The van der Waals surface area contributed by atoms with Crippen molar-refractivity contribution >= 4 is 27.6 Å². The number of hydrogen-bond acceptors (Lipinski definition) is 2. The first kappa shape index (κ1) is 17.7. The summed E-state index contributed by atoms with van der Waals surface area (Å²) in [6, 6.07) is 8.64. The second-order valence-corrected chi connectivity index (χ2v) is 8.29. The van der Waals surface area contributed by atoms with Crippen LogP contribution in [0.15, 0.2) is 34.6 Å². The minimum atomic E-state index is 0.163. The van der Waals surface area contributed by atoms with Gasteiger partial charge in [-0.2, -0.15) is 0 Å². The minimum absolute atomic E-state index is 0.163. The standard InChI is InChI=1S/C22H25NOS/c1-13(2)11-19-16(5)23(12-18-9-7-14(3)8-10-18)22-20(21(19)24)15(4)17(6)25-22/h7-11H,12H2,1-6H3. The van der Waals surface area contributed by atoms with E-state index in [9.17, 15) is 4.79 Å². The van der Waals surface area contributed by atoms with Crippen molar-refractivity contribution in [1.29, 1.82) is 0 Å². The van der Waals surface area contributed by atoms with Crippen LogP contribution < -0.4 is 5.43 Å². The number of rotatable bonds is 3. The van der Waals surface area contributed by atoms with Crippen molar-refractivity contribution in [3.63, 3.8) is 0 Å². The van der Waals surface area contributed by atoms with Gasteiger partial charge in [-0.1, -0.05) is 41.5 Å². The summed E-state index contributed by atoms with van der Waals surface area (Å²) in [5, 5.41) is 0.882. The molecule has 0 atom stereocenters. The van der Waals surface area contributed by atoms with Gasteiger partial charge in [0.25, 0.3) is 0 Å². The molecule has 2 aromatic heterocycles. The topological polar surface area (TPSA) is 22.0 Å². The molecule has 0 saturated carbocycles. The van der Waals surface area contributed by atoms with Crippen LogP contribution in [0.5, 0.6) is 0 Å². The van der Waals surface area contributed by atoms with E-state index in [4.69, 9.17) is 0 Å². The molecular weight excluding hydrogens is 326 g/mol. The molecule has 0 aliphatic heterocycles. The van der Waals surface area contributed by atoms with Gasteiger partial charge in [-0.3, -0.25) is 4.79 Å². The summed E-state index contributed by atoms with van der Waals surface area (Å²) in [6.45, 7) is 13.2. The second kappa shape index (κ2) is 6.64. The number of hydrogen-bond donors (Lipinski definition) is 0. The van der Waals surface area contributed by atoms with Crippen LogP contribution in [0.4, 0.5) is 0 Å². The highest BCUT2D eigenvalue weighted by atomic mass is 32.1. The molecule has 0 saturated heterocycles. The number of thiophene rings is 1. The lowest BCUT2D eigenvalue weighted by Gasteiger charge is -2.16. The molecule has 0 N–H and O–H groups in total. The molecule has 0 aliphatic carbocycles. The van der Waals surface area contributed by atoms with E-state index in [1.54, 1.807) is 11.3 Å². The Kier molecular flexibility index (Phi) is 4.70. The average molecular weight is 352 g/mol. The molecule has 0 amide bonds. The highest BCUT2D eigenvalue weighted by molar-refractivity contribution is 7.18. The van der Waals surface area contributed by atoms with Crippen LogP contribution in [0, 0.1) is 27.7 Å². The Balaban J connectivity index is 2.32. The summed E-state index contributed by atoms with van der Waals surface area (Å²) < 4.78 is 2.31. The lowest BCUT2D eigenvalue weighted by atomic mass is 10.1. The summed E-state index contributed by atoms with van der Waals surface area (Å²) >= 11 is 1.73. The van der Waals surface area contributed by atoms with E-state index in [1.807, 2.05) is 19.9 Å². The molecule has 130 valence electrons. The zero-order valence-corrected chi connectivity index (χ0v) is 16.7. The van der Waals surface area contributed by atoms with Crippen LogP contribution in [-0.2, 0) is 6.54 Å². The van der Waals surface area contributed by atoms with Gasteiger partial charge in [0.1, 0.15) is 4.83 Å². The number of pyridine rings is 1. The average Bonchev–Trinajstić information content (AvgIpc) is 2.85. The van der Waals surface area contributed by atoms with Gasteiger partial charge in [0.2, 0.25) is 0 Å². The largest absolute Gasteiger partial charge is 0.331 e. The van der Waals surface area contributed by atoms with Gasteiger partial charge in [-0.25, -0.2) is 0 Å². The van der Waals surface area contributed by atoms with Crippen LogP contribution in [0.25, 0.3) is 16.3 Å². The van der Waals surface area contributed by atoms with Crippen molar-refractivity contribution in [2.45, 2.75) is 48.1 Å². The van der Waals surface area contributed by atoms with Gasteiger partial charge < -0.3 is 4.57 Å². The van der Waals surface area contributed by atoms with Crippen LogP contribution in [0.3, 0.4) is 0 Å². The normalized spacial score (nSPS) is 11.1. The maximum atomic E-state index is 13.1. The minimum Gasteiger partial charge on any atom is -0.331 e. The Bertz CT molecular complexity index is 1030. The highest BCUT2D eigenvalue weighted by Gasteiger charge is 2.18. The molecule has 25 heavy (non-hydrogen) atoms. The molecule has 0 radical (unpaired) electrons. The number of fused-ring (bicyclic) bond motifs is 1. The van der Waals surface area contributed by atoms with Crippen LogP contribution in [-0.4, -0.2) is 4.57 Å². The molecule has 3 rings (SSSR count). The Labute approximate surface area is 153 Å². The van der Waals surface area contributed by atoms with Crippen LogP contribution >= 0.6 is 11.3 Å². The number of aromatic nitrogens is 1. The predicted molar refractivity (Wildman–Crippen MR) is 110 cm³/mol. The number of allylic oxidation sites excluding steroid dienone is 1. The molecule has 0 bridgehead atoms. The van der Waals surface area contributed by atoms with Crippen molar-refractivity contribution in [3.05, 3.63) is 72.9 Å². The van der Waals surface area contributed by atoms with Gasteiger partial charge >= 0.3 is 0 Å². The van der Waals surface area contributed by atoms with Gasteiger partial charge in [0, 0.05) is 22.7 Å². The third-order valence-electron chi connectivity index (χ3n) is 4.77. The third kappa shape index (κ3) is 3.21. The Morgan fingerprint density at radius 1 is 1.08 bits per heavy atom. The smallest absolute Gasteiger partial charge is 0.198 e. The molecular formula is C22H25NOS. The molecule has 0 spiro atoms. The lowest BCUT2D eigenvalue weighted by molar-refractivity contribution is 0.795. The Morgan fingerprint density at radius 2 is 1.72 bits per heavy atom. The highest BCUT2D eigenvalue weighted by Crippen LogP contribution is 2.30. The zero-order chi connectivity index (χ0) is 18.3. The fourth-order valence-electron chi connectivity index (χ4n) is 3.19. The van der Waals surface area contributed by atoms with Crippen molar-refractivity contribution in [1.82, 2.24) is 4.57 Å². The quantitative estimate of drug-likeness (QED) is 0.587. The van der Waals surface area contributed by atoms with Crippen LogP contribution in [0.1, 0.15) is 46.7 Å². The van der Waals surface area contributed by atoms with Crippen molar-refractivity contribution in [2.75, 3.05) is 0 Å². The molecule has 3 aromatic rings. The fourth-order valence-corrected chi connectivity index (χ4v) is 4.39. The maximum Gasteiger partial charge on any atom is 0.198 e. The van der Waals surface area contributed by atoms with E-state index in [-0.39, 0.29) is 5.43 Å². The molecule has 3 heteroatoms. The number of aryl methyl sites for hydroxylation is 3. The molecule has 0 aliphatic rings. The summed E-state index contributed by atoms with van der Waals surface area (Å²) in [5.41, 5.74) is 6.80. The van der Waals surface area contributed by atoms with E-state index in [1.165, 1.54) is 16.0 Å². The molecule has 1 aromatic carbocycles. The van der Waals surface area contributed by atoms with E-state index >= 15 is 0 Å². The van der Waals surface area contributed by atoms with Gasteiger partial charge in [-0.05, 0) is 52.7 Å². The van der Waals surface area contributed by atoms with Crippen molar-refractivity contribution < 1.29 is 0 Å². The Morgan fingerprint density at radius 3 is 2.32 bits per heavy atom. The van der Waals surface area contributed by atoms with Crippen molar-refractivity contribution in [2.24, 2.45) is 0 Å². The summed E-state index contributed by atoms with van der Waals surface area (Å²) in [7, 11) is 0. The number of benzene rings is 1. The first-order chi connectivity index (χ1) is 11.8. The molecule has 2 nitrogen and oxygen atoms in total. The fraction of sp³-hybridized carbons (Fsp3) is 0.318. The van der Waals surface area contributed by atoms with E-state index in [0.29, 0.717) is 0 Å². The van der Waals surface area contributed by atoms with E-state index in [0.717, 1.165) is 39.2 Å². The summed E-state index contributed by atoms with van der Waals surface area (Å²) in [4.78, 5) is 15.4.